The van der Waals surface area contributed by atoms with E-state index in [-0.39, 0.29) is 18.0 Å². The van der Waals surface area contributed by atoms with Gasteiger partial charge in [-0.25, -0.2) is 9.78 Å². The molecule has 7 heteroatoms. The molecule has 7 nitrogen and oxygen atoms in total. The number of nitrogens with one attached hydrogen (secondary N) is 2. The molecule has 0 aromatic carbocycles. The van der Waals surface area contributed by atoms with Crippen LogP contribution in [0.2, 0.25) is 0 Å². The predicted molar refractivity (Wildman–Crippen MR) is 76.7 cm³/mol. The number of amides is 3. The van der Waals surface area contributed by atoms with Gasteiger partial charge in [-0.3, -0.25) is 9.69 Å². The Balaban J connectivity index is 2.22. The number of likely N-dealkylation sites (N-methyl/N-ethyl adjacent to an activating group) is 1. The van der Waals surface area contributed by atoms with Crippen molar-refractivity contribution in [2.45, 2.75) is 19.5 Å². The number of aromatic nitrogens is 1. The first-order valence-electron chi connectivity index (χ1n) is 6.41. The minimum Gasteiger partial charge on any atom is -0.321 e. The molecule has 0 aliphatic carbocycles. The number of hydrogen-bond donors (Lipinski definition) is 2. The molecular formula is C13H19N5O2. The highest BCUT2D eigenvalue weighted by Gasteiger charge is 2.26. The van der Waals surface area contributed by atoms with E-state index in [1.54, 1.807) is 50.0 Å². The maximum Gasteiger partial charge on any atom is 0.324 e. The molecule has 0 spiro atoms. The molecule has 0 radical (unpaired) electrons. The van der Waals surface area contributed by atoms with E-state index in [9.17, 15) is 9.59 Å². The summed E-state index contributed by atoms with van der Waals surface area (Å²) in [6.45, 7) is 2.21. The molecule has 1 aromatic heterocycles. The second-order valence-corrected chi connectivity index (χ2v) is 4.86. The summed E-state index contributed by atoms with van der Waals surface area (Å²) in [5.41, 5.74) is 1.54. The van der Waals surface area contributed by atoms with E-state index in [2.05, 4.69) is 15.6 Å². The molecule has 2 N–H and O–H groups in total. The molecule has 0 saturated carbocycles. The molecule has 1 aliphatic rings. The lowest BCUT2D eigenvalue weighted by atomic mass is 10.2. The van der Waals surface area contributed by atoms with Crippen molar-refractivity contribution in [3.05, 3.63) is 17.8 Å². The van der Waals surface area contributed by atoms with E-state index < -0.39 is 0 Å². The van der Waals surface area contributed by atoms with Crippen LogP contribution in [0.3, 0.4) is 0 Å². The monoisotopic (exact) mass is 277 g/mol. The van der Waals surface area contributed by atoms with Crippen LogP contribution >= 0.6 is 0 Å². The normalized spacial score (nSPS) is 15.9. The van der Waals surface area contributed by atoms with Gasteiger partial charge in [0.15, 0.2) is 0 Å². The first-order valence-corrected chi connectivity index (χ1v) is 6.41. The highest BCUT2D eigenvalue weighted by molar-refractivity contribution is 5.95. The van der Waals surface area contributed by atoms with Crippen molar-refractivity contribution >= 4 is 23.4 Å². The summed E-state index contributed by atoms with van der Waals surface area (Å²) >= 11 is 0. The van der Waals surface area contributed by atoms with Gasteiger partial charge < -0.3 is 15.5 Å². The van der Waals surface area contributed by atoms with Gasteiger partial charge in [0.1, 0.15) is 5.82 Å². The molecule has 0 bridgehead atoms. The molecule has 1 atom stereocenters. The lowest BCUT2D eigenvalue weighted by molar-refractivity contribution is -0.117. The van der Waals surface area contributed by atoms with Crippen molar-refractivity contribution in [2.75, 3.05) is 31.4 Å². The molecule has 108 valence electrons. The van der Waals surface area contributed by atoms with E-state index in [1.165, 1.54) is 0 Å². The quantitative estimate of drug-likeness (QED) is 0.849. The standard InChI is InChI=1S/C13H19N5O2/c1-8(14-2)12(19)16-11-6-5-10-9(15-11)7-17(3)13(20)18(10)4/h5-6,8,14H,7H2,1-4H3,(H,15,16,19)/t8-/m0/s1. The zero-order valence-corrected chi connectivity index (χ0v) is 12.1. The number of pyridine rings is 1. The third-order valence-electron chi connectivity index (χ3n) is 3.39. The maximum atomic E-state index is 11.8. The van der Waals surface area contributed by atoms with E-state index in [1.807, 2.05) is 0 Å². The Bertz CT molecular complexity index is 546. The SMILES string of the molecule is CN[C@@H](C)C(=O)Nc1ccc2c(n1)CN(C)C(=O)N2C. The summed E-state index contributed by atoms with van der Waals surface area (Å²) < 4.78 is 0. The van der Waals surface area contributed by atoms with Crippen molar-refractivity contribution in [3.63, 3.8) is 0 Å². The Hall–Kier alpha value is -2.15. The number of urea groups is 1. The fourth-order valence-electron chi connectivity index (χ4n) is 2.00. The molecule has 0 saturated heterocycles. The van der Waals surface area contributed by atoms with Crippen LogP contribution in [0, 0.1) is 0 Å². The van der Waals surface area contributed by atoms with Gasteiger partial charge in [0, 0.05) is 14.1 Å². The van der Waals surface area contributed by atoms with Crippen molar-refractivity contribution in [2.24, 2.45) is 0 Å². The van der Waals surface area contributed by atoms with E-state index in [0.717, 1.165) is 11.4 Å². The van der Waals surface area contributed by atoms with Gasteiger partial charge in [0.25, 0.3) is 0 Å². The summed E-state index contributed by atoms with van der Waals surface area (Å²) in [7, 11) is 5.15. The minimum atomic E-state index is -0.292. The molecule has 1 aromatic rings. The topological polar surface area (TPSA) is 77.6 Å². The first kappa shape index (κ1) is 14.3. The fourth-order valence-corrected chi connectivity index (χ4v) is 2.00. The van der Waals surface area contributed by atoms with Crippen LogP contribution in [0.25, 0.3) is 0 Å². The maximum absolute atomic E-state index is 11.8. The minimum absolute atomic E-state index is 0.0695. The third-order valence-corrected chi connectivity index (χ3v) is 3.39. The summed E-state index contributed by atoms with van der Waals surface area (Å²) in [6, 6.07) is 3.14. The Morgan fingerprint density at radius 2 is 2.10 bits per heavy atom. The molecule has 3 amide bonds. The Morgan fingerprint density at radius 1 is 1.40 bits per heavy atom. The average molecular weight is 277 g/mol. The first-order chi connectivity index (χ1) is 9.43. The Morgan fingerprint density at radius 3 is 2.75 bits per heavy atom. The summed E-state index contributed by atoms with van der Waals surface area (Å²) in [4.78, 5) is 31.2. The van der Waals surface area contributed by atoms with Gasteiger partial charge in [0.2, 0.25) is 5.91 Å². The Labute approximate surface area is 118 Å². The number of carbonyl (C=O) groups is 2. The van der Waals surface area contributed by atoms with Crippen LogP contribution in [0.4, 0.5) is 16.3 Å². The van der Waals surface area contributed by atoms with Gasteiger partial charge in [-0.2, -0.15) is 0 Å². The second-order valence-electron chi connectivity index (χ2n) is 4.86. The smallest absolute Gasteiger partial charge is 0.321 e. The molecule has 20 heavy (non-hydrogen) atoms. The fraction of sp³-hybridized carbons (Fsp3) is 0.462. The van der Waals surface area contributed by atoms with Crippen LogP contribution in [0.5, 0.6) is 0 Å². The van der Waals surface area contributed by atoms with Crippen LogP contribution in [0.1, 0.15) is 12.6 Å². The van der Waals surface area contributed by atoms with E-state index in [4.69, 9.17) is 0 Å². The lowest BCUT2D eigenvalue weighted by Crippen LogP contribution is -2.43. The zero-order chi connectivity index (χ0) is 14.9. The van der Waals surface area contributed by atoms with Crippen LogP contribution in [-0.2, 0) is 11.3 Å². The van der Waals surface area contributed by atoms with E-state index in [0.29, 0.717) is 12.4 Å². The van der Waals surface area contributed by atoms with Crippen LogP contribution in [-0.4, -0.2) is 49.0 Å². The average Bonchev–Trinajstić information content (AvgIpc) is 2.43. The number of fused-ring (bicyclic) bond motifs is 1. The summed E-state index contributed by atoms with van der Waals surface area (Å²) in [5, 5.41) is 5.62. The van der Waals surface area contributed by atoms with E-state index >= 15 is 0 Å². The van der Waals surface area contributed by atoms with Crippen molar-refractivity contribution in [3.8, 4) is 0 Å². The summed E-state index contributed by atoms with van der Waals surface area (Å²) in [6.07, 6.45) is 0. The summed E-state index contributed by atoms with van der Waals surface area (Å²) in [5.74, 6) is 0.348. The lowest BCUT2D eigenvalue weighted by Gasteiger charge is -2.32. The van der Waals surface area contributed by atoms with Gasteiger partial charge >= 0.3 is 6.03 Å². The highest BCUT2D eigenvalue weighted by Crippen LogP contribution is 2.26. The third kappa shape index (κ3) is 2.57. The molecule has 1 aliphatic heterocycles. The number of carbonyl (C=O) groups excluding carboxylic acids is 2. The largest absolute Gasteiger partial charge is 0.324 e. The van der Waals surface area contributed by atoms with Crippen molar-refractivity contribution in [1.82, 2.24) is 15.2 Å². The molecule has 2 heterocycles. The Kier molecular flexibility index (Phi) is 3.89. The highest BCUT2D eigenvalue weighted by atomic mass is 16.2. The van der Waals surface area contributed by atoms with Crippen LogP contribution < -0.4 is 15.5 Å². The van der Waals surface area contributed by atoms with Gasteiger partial charge in [-0.15, -0.1) is 0 Å². The molecule has 2 rings (SSSR count). The van der Waals surface area contributed by atoms with Crippen molar-refractivity contribution < 1.29 is 9.59 Å². The second kappa shape index (κ2) is 5.46. The van der Waals surface area contributed by atoms with Gasteiger partial charge in [0.05, 0.1) is 24.0 Å². The van der Waals surface area contributed by atoms with Gasteiger partial charge in [-0.1, -0.05) is 0 Å². The zero-order valence-electron chi connectivity index (χ0n) is 12.1. The molecule has 0 unspecified atom stereocenters. The number of hydrogen-bond acceptors (Lipinski definition) is 4. The van der Waals surface area contributed by atoms with Crippen molar-refractivity contribution in [1.29, 1.82) is 0 Å². The molecular weight excluding hydrogens is 258 g/mol. The predicted octanol–water partition coefficient (Wildman–Crippen LogP) is 0.630. The number of rotatable bonds is 3. The number of anilines is 2. The van der Waals surface area contributed by atoms with Crippen LogP contribution in [0.15, 0.2) is 12.1 Å². The van der Waals surface area contributed by atoms with Gasteiger partial charge in [-0.05, 0) is 26.1 Å². The number of nitrogens with zero attached hydrogens (tertiary/aromatic N) is 3. The molecule has 0 fully saturated rings.